The van der Waals surface area contributed by atoms with Crippen LogP contribution in [0.15, 0.2) is 0 Å². The monoisotopic (exact) mass is 150 g/mol. The van der Waals surface area contributed by atoms with Gasteiger partial charge < -0.3 is 21.6 Å². The van der Waals surface area contributed by atoms with Crippen molar-refractivity contribution in [2.24, 2.45) is 5.73 Å². The molecule has 7 nitrogen and oxygen atoms in total. The van der Waals surface area contributed by atoms with Crippen LogP contribution in [0.5, 0.6) is 0 Å². The Labute approximate surface area is 56.5 Å². The minimum absolute atomic E-state index is 0.0544. The summed E-state index contributed by atoms with van der Waals surface area (Å²) in [7, 11) is 0. The van der Waals surface area contributed by atoms with Crippen molar-refractivity contribution in [2.45, 2.75) is 6.04 Å². The Bertz CT molecular complexity index is 118. The van der Waals surface area contributed by atoms with E-state index in [-0.39, 0.29) is 5.17 Å². The topological polar surface area (TPSA) is 122 Å². The van der Waals surface area contributed by atoms with Crippen LogP contribution in [0.1, 0.15) is 0 Å². The van der Waals surface area contributed by atoms with Gasteiger partial charge in [0, 0.05) is 0 Å². The molecule has 0 aliphatic heterocycles. The lowest BCUT2D eigenvalue weighted by atomic mass is 10.3. The van der Waals surface area contributed by atoms with Crippen molar-refractivity contribution < 1.29 is 15.1 Å². The highest BCUT2D eigenvalue weighted by atomic mass is 16.7. The second-order valence-corrected chi connectivity index (χ2v) is 1.62. The second-order valence-electron chi connectivity index (χ2n) is 1.62. The van der Waals surface area contributed by atoms with Gasteiger partial charge in [0.2, 0.25) is 0 Å². The average Bonchev–Trinajstić information content (AvgIpc) is 1.87. The van der Waals surface area contributed by atoms with Crippen LogP contribution in [-0.4, -0.2) is 34.0 Å². The lowest BCUT2D eigenvalue weighted by Crippen LogP contribution is -2.45. The molecule has 0 saturated heterocycles. The van der Waals surface area contributed by atoms with Gasteiger partial charge in [-0.1, -0.05) is 0 Å². The van der Waals surface area contributed by atoms with Crippen LogP contribution in [0.3, 0.4) is 0 Å². The van der Waals surface area contributed by atoms with Gasteiger partial charge in [-0.2, -0.15) is 0 Å². The van der Waals surface area contributed by atoms with Crippen LogP contribution >= 0.6 is 0 Å². The molecular formula is C3H8N3O4-. The quantitative estimate of drug-likeness (QED) is 0.345. The maximum Gasteiger partial charge on any atom is 0.321 e. The highest BCUT2D eigenvalue weighted by Crippen LogP contribution is 1.80. The number of hydrazine groups is 1. The maximum absolute atomic E-state index is 9.96. The SMILES string of the molecule is N[C@@H](CN(O)N[O-])C(=O)O. The smallest absolute Gasteiger partial charge is 0.321 e. The van der Waals surface area contributed by atoms with Crippen LogP contribution in [0.4, 0.5) is 0 Å². The number of nitrogens with one attached hydrogen (secondary N) is 1. The van der Waals surface area contributed by atoms with Gasteiger partial charge in [0.1, 0.15) is 6.04 Å². The van der Waals surface area contributed by atoms with E-state index in [9.17, 15) is 10.0 Å². The Balaban J connectivity index is 3.56. The van der Waals surface area contributed by atoms with Crippen molar-refractivity contribution in [3.63, 3.8) is 0 Å². The molecule has 0 aliphatic rings. The molecule has 0 saturated carbocycles. The van der Waals surface area contributed by atoms with Gasteiger partial charge in [-0.3, -0.25) is 10.0 Å². The Morgan fingerprint density at radius 1 is 1.90 bits per heavy atom. The lowest BCUT2D eigenvalue weighted by molar-refractivity contribution is -0.151. The minimum Gasteiger partial charge on any atom is -0.773 e. The van der Waals surface area contributed by atoms with Gasteiger partial charge in [0.05, 0.1) is 6.54 Å². The third kappa shape index (κ3) is 3.33. The first-order valence-corrected chi connectivity index (χ1v) is 2.40. The molecule has 0 spiro atoms. The Morgan fingerprint density at radius 2 is 2.40 bits per heavy atom. The predicted octanol–water partition coefficient (Wildman–Crippen LogP) is -1.91. The molecule has 0 bridgehead atoms. The van der Waals surface area contributed by atoms with Crippen molar-refractivity contribution >= 4 is 5.97 Å². The summed E-state index contributed by atoms with van der Waals surface area (Å²) in [5, 5.41) is 26.1. The van der Waals surface area contributed by atoms with Crippen molar-refractivity contribution in [1.82, 2.24) is 10.8 Å². The summed E-state index contributed by atoms with van der Waals surface area (Å²) in [5.41, 5.74) is 5.96. The summed E-state index contributed by atoms with van der Waals surface area (Å²) in [6.45, 7) is -0.459. The van der Waals surface area contributed by atoms with E-state index in [2.05, 4.69) is 0 Å². The van der Waals surface area contributed by atoms with E-state index in [1.54, 1.807) is 0 Å². The Morgan fingerprint density at radius 3 is 2.70 bits per heavy atom. The van der Waals surface area contributed by atoms with Gasteiger partial charge in [0.25, 0.3) is 0 Å². The van der Waals surface area contributed by atoms with Gasteiger partial charge in [0.15, 0.2) is 0 Å². The molecule has 0 aromatic carbocycles. The minimum atomic E-state index is -1.28. The number of carboxylic acid groups (broad SMARTS) is 1. The number of carbonyl (C=O) groups is 1. The van der Waals surface area contributed by atoms with Gasteiger partial charge in [-0.25, -0.2) is 0 Å². The second kappa shape index (κ2) is 4.14. The molecule has 0 amide bonds. The summed E-state index contributed by atoms with van der Waals surface area (Å²) in [4.78, 5) is 9.96. The molecule has 10 heavy (non-hydrogen) atoms. The molecule has 0 radical (unpaired) electrons. The first kappa shape index (κ1) is 9.27. The maximum atomic E-state index is 9.96. The molecule has 0 rings (SSSR count). The summed E-state index contributed by atoms with van der Waals surface area (Å²) >= 11 is 0. The molecule has 0 aliphatic carbocycles. The van der Waals surface area contributed by atoms with Crippen LogP contribution in [0.2, 0.25) is 0 Å². The third-order valence-electron chi connectivity index (χ3n) is 0.792. The Hall–Kier alpha value is -0.730. The molecule has 0 heterocycles. The number of carboxylic acids is 1. The normalized spacial score (nSPS) is 13.6. The molecule has 0 aromatic rings. The average molecular weight is 150 g/mol. The van der Waals surface area contributed by atoms with Crippen molar-refractivity contribution in [1.29, 1.82) is 0 Å². The lowest BCUT2D eigenvalue weighted by Gasteiger charge is -2.20. The number of nitrogens with zero attached hydrogens (tertiary/aromatic N) is 1. The van der Waals surface area contributed by atoms with E-state index in [0.717, 1.165) is 5.59 Å². The number of hydroxylamine groups is 1. The van der Waals surface area contributed by atoms with E-state index in [1.807, 2.05) is 0 Å². The summed E-state index contributed by atoms with van der Waals surface area (Å²) < 4.78 is 0. The molecular weight excluding hydrogens is 142 g/mol. The Kier molecular flexibility index (Phi) is 3.84. The summed E-state index contributed by atoms with van der Waals surface area (Å²) in [6, 6.07) is -1.27. The van der Waals surface area contributed by atoms with Crippen LogP contribution < -0.4 is 11.3 Å². The highest BCUT2D eigenvalue weighted by Gasteiger charge is 2.12. The number of hydrogen-bond donors (Lipinski definition) is 4. The zero-order valence-corrected chi connectivity index (χ0v) is 5.02. The molecule has 60 valence electrons. The van der Waals surface area contributed by atoms with Crippen LogP contribution in [0, 0.1) is 5.21 Å². The fourth-order valence-corrected chi connectivity index (χ4v) is 0.302. The zero-order chi connectivity index (χ0) is 8.15. The first-order chi connectivity index (χ1) is 4.57. The van der Waals surface area contributed by atoms with Crippen molar-refractivity contribution in [3.05, 3.63) is 5.21 Å². The molecule has 5 N–H and O–H groups in total. The number of aliphatic carboxylic acids is 1. The first-order valence-electron chi connectivity index (χ1n) is 2.40. The van der Waals surface area contributed by atoms with E-state index >= 15 is 0 Å². The van der Waals surface area contributed by atoms with Crippen molar-refractivity contribution in [2.75, 3.05) is 6.54 Å². The molecule has 1 atom stereocenters. The summed E-state index contributed by atoms with van der Waals surface area (Å²) in [6.07, 6.45) is 0. The largest absolute Gasteiger partial charge is 0.773 e. The van der Waals surface area contributed by atoms with Gasteiger partial charge in [-0.15, -0.1) is 5.17 Å². The van der Waals surface area contributed by atoms with E-state index in [4.69, 9.17) is 16.0 Å². The van der Waals surface area contributed by atoms with E-state index in [0.29, 0.717) is 0 Å². The molecule has 0 fully saturated rings. The number of nitrogens with two attached hydrogens (primary N) is 1. The fraction of sp³-hybridized carbons (Fsp3) is 0.667. The standard InChI is InChI=1S/C3H8N3O4/c4-2(3(7)8)1-6(10)5-9/h2,5,10H,1,4H2,(H,7,8)/q-1/t2-/m0/s1. The number of hydrogen-bond acceptors (Lipinski definition) is 6. The van der Waals surface area contributed by atoms with Gasteiger partial charge >= 0.3 is 5.97 Å². The highest BCUT2D eigenvalue weighted by molar-refractivity contribution is 5.73. The number of rotatable bonds is 4. The molecule has 0 aromatic heterocycles. The summed E-state index contributed by atoms with van der Waals surface area (Å²) in [5.74, 6) is -1.28. The zero-order valence-electron chi connectivity index (χ0n) is 5.02. The molecule has 7 heteroatoms. The third-order valence-corrected chi connectivity index (χ3v) is 0.792. The van der Waals surface area contributed by atoms with E-state index in [1.165, 1.54) is 0 Å². The van der Waals surface area contributed by atoms with E-state index < -0.39 is 18.6 Å². The van der Waals surface area contributed by atoms with Crippen LogP contribution in [-0.2, 0) is 4.79 Å². The molecule has 0 unspecified atom stereocenters. The van der Waals surface area contributed by atoms with Crippen LogP contribution in [0.25, 0.3) is 0 Å². The fourth-order valence-electron chi connectivity index (χ4n) is 0.302. The van der Waals surface area contributed by atoms with Crippen molar-refractivity contribution in [3.8, 4) is 0 Å². The predicted molar refractivity (Wildman–Crippen MR) is 30.6 cm³/mol. The van der Waals surface area contributed by atoms with Gasteiger partial charge in [-0.05, 0) is 0 Å².